The molecule has 0 aliphatic carbocycles. The lowest BCUT2D eigenvalue weighted by molar-refractivity contribution is 0.510. The van der Waals surface area contributed by atoms with Gasteiger partial charge in [0.05, 0.1) is 11.4 Å². The Morgan fingerprint density at radius 3 is 2.58 bits per heavy atom. The van der Waals surface area contributed by atoms with Crippen molar-refractivity contribution in [3.8, 4) is 0 Å². The fraction of sp³-hybridized carbons (Fsp3) is 0.353. The smallest absolute Gasteiger partial charge is 0.275 e. The van der Waals surface area contributed by atoms with E-state index in [0.29, 0.717) is 17.0 Å². The molecule has 2 N–H and O–H groups in total. The molecule has 0 amide bonds. The van der Waals surface area contributed by atoms with Gasteiger partial charge < -0.3 is 5.32 Å². The van der Waals surface area contributed by atoms with Gasteiger partial charge in [-0.15, -0.1) is 11.8 Å². The highest BCUT2D eigenvalue weighted by Crippen LogP contribution is 2.29. The number of hydrogen-bond acceptors (Lipinski definition) is 5. The molecule has 0 bridgehead atoms. The molecule has 0 saturated heterocycles. The van der Waals surface area contributed by atoms with Crippen LogP contribution in [0.2, 0.25) is 0 Å². The summed E-state index contributed by atoms with van der Waals surface area (Å²) in [5.74, 6) is 1.33. The second kappa shape index (κ2) is 6.32. The molecule has 0 atom stereocenters. The number of nitrogens with zero attached hydrogens (tertiary/aromatic N) is 3. The van der Waals surface area contributed by atoms with Crippen LogP contribution in [0.4, 0.5) is 11.6 Å². The first-order valence-corrected chi connectivity index (χ1v) is 9.03. The molecule has 126 valence electrons. The Bertz CT molecular complexity index is 958. The van der Waals surface area contributed by atoms with Crippen LogP contribution in [0.15, 0.2) is 27.9 Å². The van der Waals surface area contributed by atoms with Gasteiger partial charge in [0.25, 0.3) is 5.56 Å². The summed E-state index contributed by atoms with van der Waals surface area (Å²) in [5.41, 5.74) is 1.91. The molecule has 2 heterocycles. The van der Waals surface area contributed by atoms with Gasteiger partial charge in [-0.3, -0.25) is 9.89 Å². The van der Waals surface area contributed by atoms with Gasteiger partial charge >= 0.3 is 0 Å². The van der Waals surface area contributed by atoms with Crippen LogP contribution in [-0.2, 0) is 0 Å². The molecular weight excluding hydrogens is 322 g/mol. The van der Waals surface area contributed by atoms with Gasteiger partial charge in [-0.05, 0) is 51.6 Å². The van der Waals surface area contributed by atoms with Crippen molar-refractivity contribution >= 4 is 34.2 Å². The first kappa shape index (κ1) is 16.6. The van der Waals surface area contributed by atoms with E-state index in [0.717, 1.165) is 21.5 Å². The lowest BCUT2D eigenvalue weighted by atomic mass is 10.1. The molecule has 0 aliphatic rings. The second-order valence-electron chi connectivity index (χ2n) is 6.12. The molecule has 2 aromatic heterocycles. The molecular formula is C17H21N5OS. The van der Waals surface area contributed by atoms with Gasteiger partial charge in [0, 0.05) is 22.0 Å². The van der Waals surface area contributed by atoms with Gasteiger partial charge in [-0.2, -0.15) is 10.2 Å². The van der Waals surface area contributed by atoms with Crippen molar-refractivity contribution in [3.63, 3.8) is 0 Å². The first-order chi connectivity index (χ1) is 11.4. The highest BCUT2D eigenvalue weighted by molar-refractivity contribution is 7.98. The van der Waals surface area contributed by atoms with E-state index in [1.807, 2.05) is 46.1 Å². The minimum Gasteiger partial charge on any atom is -0.321 e. The Labute approximate surface area is 144 Å². The maximum Gasteiger partial charge on any atom is 0.275 e. The van der Waals surface area contributed by atoms with Gasteiger partial charge in [0.15, 0.2) is 11.6 Å². The second-order valence-corrected chi connectivity index (χ2v) is 7.00. The lowest BCUT2D eigenvalue weighted by Crippen LogP contribution is -2.26. The molecule has 0 radical (unpaired) electrons. The SMILES string of the molecule is CSc1cc(C)c2c(Nc3cc(C)[nH]n3)nn(C(C)C)c(=O)c2c1. The quantitative estimate of drug-likeness (QED) is 0.705. The number of thioether (sulfide) groups is 1. The predicted octanol–water partition coefficient (Wildman–Crippen LogP) is 3.78. The number of fused-ring (bicyclic) bond motifs is 1. The number of H-pyrrole nitrogens is 1. The molecule has 3 aromatic rings. The topological polar surface area (TPSA) is 75.6 Å². The highest BCUT2D eigenvalue weighted by atomic mass is 32.2. The van der Waals surface area contributed by atoms with Crippen molar-refractivity contribution in [3.05, 3.63) is 39.8 Å². The van der Waals surface area contributed by atoms with E-state index in [9.17, 15) is 4.79 Å². The zero-order valence-corrected chi connectivity index (χ0v) is 15.3. The van der Waals surface area contributed by atoms with Crippen molar-refractivity contribution in [2.45, 2.75) is 38.6 Å². The molecule has 0 saturated carbocycles. The molecule has 0 aliphatic heterocycles. The number of aromatic nitrogens is 4. The van der Waals surface area contributed by atoms with Crippen molar-refractivity contribution < 1.29 is 0 Å². The molecule has 0 spiro atoms. The first-order valence-electron chi connectivity index (χ1n) is 7.81. The summed E-state index contributed by atoms with van der Waals surface area (Å²) in [5, 5.41) is 16.4. The Kier molecular flexibility index (Phi) is 4.36. The van der Waals surface area contributed by atoms with E-state index in [1.165, 1.54) is 4.68 Å². The van der Waals surface area contributed by atoms with Crippen LogP contribution in [0.3, 0.4) is 0 Å². The van der Waals surface area contributed by atoms with E-state index >= 15 is 0 Å². The van der Waals surface area contributed by atoms with Crippen molar-refractivity contribution in [2.24, 2.45) is 0 Å². The standard InChI is InChI=1S/C17H21N5OS/c1-9(2)22-17(23)13-8-12(24-5)6-10(3)15(13)16(21-22)18-14-7-11(4)19-20-14/h6-9H,1-5H3,(H2,18,19,20,21). The van der Waals surface area contributed by atoms with Crippen LogP contribution >= 0.6 is 11.8 Å². The summed E-state index contributed by atoms with van der Waals surface area (Å²) in [7, 11) is 0. The molecule has 6 nitrogen and oxygen atoms in total. The van der Waals surface area contributed by atoms with Crippen LogP contribution in [0.25, 0.3) is 10.8 Å². The zero-order chi connectivity index (χ0) is 17.4. The summed E-state index contributed by atoms with van der Waals surface area (Å²) in [6.07, 6.45) is 2.01. The largest absolute Gasteiger partial charge is 0.321 e. The molecule has 1 aromatic carbocycles. The third-order valence-electron chi connectivity index (χ3n) is 3.87. The zero-order valence-electron chi connectivity index (χ0n) is 14.5. The van der Waals surface area contributed by atoms with Gasteiger partial charge in [-0.25, -0.2) is 4.68 Å². The number of aromatic amines is 1. The van der Waals surface area contributed by atoms with E-state index < -0.39 is 0 Å². The average molecular weight is 343 g/mol. The Hall–Kier alpha value is -2.28. The highest BCUT2D eigenvalue weighted by Gasteiger charge is 2.16. The third-order valence-corrected chi connectivity index (χ3v) is 4.58. The normalized spacial score (nSPS) is 11.4. The van der Waals surface area contributed by atoms with E-state index in [1.54, 1.807) is 11.8 Å². The molecule has 0 unspecified atom stereocenters. The Balaban J connectivity index is 2.30. The summed E-state index contributed by atoms with van der Waals surface area (Å²) >= 11 is 1.63. The summed E-state index contributed by atoms with van der Waals surface area (Å²) in [6, 6.07) is 5.90. The minimum atomic E-state index is -0.0669. The van der Waals surface area contributed by atoms with Crippen molar-refractivity contribution in [1.82, 2.24) is 20.0 Å². The number of aryl methyl sites for hydroxylation is 2. The van der Waals surface area contributed by atoms with Gasteiger partial charge in [-0.1, -0.05) is 0 Å². The van der Waals surface area contributed by atoms with Crippen LogP contribution in [-0.4, -0.2) is 26.2 Å². The summed E-state index contributed by atoms with van der Waals surface area (Å²) < 4.78 is 1.52. The molecule has 0 fully saturated rings. The van der Waals surface area contributed by atoms with E-state index in [-0.39, 0.29) is 11.6 Å². The maximum atomic E-state index is 12.8. The Morgan fingerprint density at radius 2 is 2.00 bits per heavy atom. The lowest BCUT2D eigenvalue weighted by Gasteiger charge is -2.16. The molecule has 3 rings (SSSR count). The van der Waals surface area contributed by atoms with Crippen LogP contribution in [0.1, 0.15) is 31.1 Å². The predicted molar refractivity (Wildman–Crippen MR) is 99.5 cm³/mol. The maximum absolute atomic E-state index is 12.8. The fourth-order valence-corrected chi connectivity index (χ4v) is 3.25. The van der Waals surface area contributed by atoms with Crippen LogP contribution in [0, 0.1) is 13.8 Å². The number of rotatable bonds is 4. The average Bonchev–Trinajstić information content (AvgIpc) is 2.94. The van der Waals surface area contributed by atoms with E-state index in [2.05, 4.69) is 26.7 Å². The number of benzene rings is 1. The van der Waals surface area contributed by atoms with Crippen molar-refractivity contribution in [2.75, 3.05) is 11.6 Å². The van der Waals surface area contributed by atoms with Crippen molar-refractivity contribution in [1.29, 1.82) is 0 Å². The third kappa shape index (κ3) is 2.91. The number of anilines is 2. The monoisotopic (exact) mass is 343 g/mol. The number of nitrogens with one attached hydrogen (secondary N) is 2. The van der Waals surface area contributed by atoms with Gasteiger partial charge in [0.1, 0.15) is 0 Å². The Morgan fingerprint density at radius 1 is 1.25 bits per heavy atom. The minimum absolute atomic E-state index is 0.0263. The molecule has 24 heavy (non-hydrogen) atoms. The number of hydrogen-bond donors (Lipinski definition) is 2. The molecule has 7 heteroatoms. The summed E-state index contributed by atoms with van der Waals surface area (Å²) in [6.45, 7) is 7.85. The van der Waals surface area contributed by atoms with Crippen LogP contribution < -0.4 is 10.9 Å². The summed E-state index contributed by atoms with van der Waals surface area (Å²) in [4.78, 5) is 13.9. The van der Waals surface area contributed by atoms with Gasteiger partial charge in [0.2, 0.25) is 0 Å². The fourth-order valence-electron chi connectivity index (χ4n) is 2.72. The van der Waals surface area contributed by atoms with Crippen LogP contribution in [0.5, 0.6) is 0 Å². The van der Waals surface area contributed by atoms with E-state index in [4.69, 9.17) is 0 Å².